The largest absolute Gasteiger partial charge is 0.300 e. The van der Waals surface area contributed by atoms with Gasteiger partial charge in [-0.3, -0.25) is 20.2 Å². The van der Waals surface area contributed by atoms with Crippen molar-refractivity contribution in [2.24, 2.45) is 4.99 Å². The summed E-state index contributed by atoms with van der Waals surface area (Å²) in [5.41, 5.74) is 1.25. The Kier molecular flexibility index (Phi) is 3.39. The lowest BCUT2D eigenvalue weighted by Crippen LogP contribution is -2.27. The summed E-state index contributed by atoms with van der Waals surface area (Å²) >= 11 is 3.22. The molecule has 0 aliphatic carbocycles. The van der Waals surface area contributed by atoms with Crippen molar-refractivity contribution < 1.29 is 4.79 Å². The van der Waals surface area contributed by atoms with Crippen molar-refractivity contribution in [2.75, 3.05) is 12.3 Å². The van der Waals surface area contributed by atoms with Crippen LogP contribution in [0.25, 0.3) is 10.6 Å². The average Bonchev–Trinajstić information content (AvgIpc) is 3.07. The number of aryl methyl sites for hydroxylation is 1. The van der Waals surface area contributed by atoms with E-state index in [0.717, 1.165) is 22.9 Å². The molecule has 7 heteroatoms. The SMILES string of the molecule is Cc1ccc(-c2cc(C(=O)NC3=NCCS3)n[nH]2)s1. The molecule has 0 spiro atoms. The number of rotatable bonds is 2. The molecule has 0 radical (unpaired) electrons. The predicted molar refractivity (Wildman–Crippen MR) is 78.9 cm³/mol. The number of aromatic amines is 1. The molecule has 1 aliphatic heterocycles. The standard InChI is InChI=1S/C12H12N4OS2/c1-7-2-3-10(19-7)8-6-9(16-15-8)11(17)14-12-13-4-5-18-12/h2-3,6H,4-5H2,1H3,(H,15,16)(H,13,14,17). The van der Waals surface area contributed by atoms with Gasteiger partial charge in [-0.25, -0.2) is 0 Å². The highest BCUT2D eigenvalue weighted by molar-refractivity contribution is 8.14. The topological polar surface area (TPSA) is 70.1 Å². The fourth-order valence-corrected chi connectivity index (χ4v) is 3.27. The molecule has 2 aromatic rings. The molecular weight excluding hydrogens is 280 g/mol. The van der Waals surface area contributed by atoms with Gasteiger partial charge in [0.1, 0.15) is 0 Å². The monoisotopic (exact) mass is 292 g/mol. The minimum absolute atomic E-state index is 0.219. The number of hydrogen-bond donors (Lipinski definition) is 2. The molecule has 0 atom stereocenters. The summed E-state index contributed by atoms with van der Waals surface area (Å²) in [6.45, 7) is 2.81. The van der Waals surface area contributed by atoms with Crippen LogP contribution < -0.4 is 5.32 Å². The highest BCUT2D eigenvalue weighted by Gasteiger charge is 2.16. The first-order valence-electron chi connectivity index (χ1n) is 5.83. The van der Waals surface area contributed by atoms with Crippen molar-refractivity contribution in [3.05, 3.63) is 28.8 Å². The van der Waals surface area contributed by atoms with E-state index in [2.05, 4.69) is 20.5 Å². The Bertz CT molecular complexity index is 644. The molecule has 0 fully saturated rings. The molecule has 0 saturated heterocycles. The number of hydrogen-bond acceptors (Lipinski definition) is 5. The number of thiophene rings is 1. The number of H-pyrrole nitrogens is 1. The first-order chi connectivity index (χ1) is 9.22. The van der Waals surface area contributed by atoms with Crippen molar-refractivity contribution >= 4 is 34.2 Å². The molecule has 19 heavy (non-hydrogen) atoms. The van der Waals surface area contributed by atoms with Crippen LogP contribution in [0.1, 0.15) is 15.4 Å². The number of amidine groups is 1. The van der Waals surface area contributed by atoms with E-state index < -0.39 is 0 Å². The molecule has 2 aromatic heterocycles. The molecule has 98 valence electrons. The number of aliphatic imine (C=N–C) groups is 1. The number of amides is 1. The molecule has 3 heterocycles. The van der Waals surface area contributed by atoms with Gasteiger partial charge in [-0.05, 0) is 25.1 Å². The van der Waals surface area contributed by atoms with E-state index in [0.29, 0.717) is 10.9 Å². The van der Waals surface area contributed by atoms with Crippen LogP contribution in [0.3, 0.4) is 0 Å². The van der Waals surface area contributed by atoms with Crippen LogP contribution in [-0.4, -0.2) is 33.6 Å². The maximum atomic E-state index is 12.0. The van der Waals surface area contributed by atoms with E-state index in [4.69, 9.17) is 0 Å². The Labute approximate surface area is 118 Å². The quantitative estimate of drug-likeness (QED) is 0.892. The van der Waals surface area contributed by atoms with Crippen LogP contribution in [0.15, 0.2) is 23.2 Å². The zero-order valence-electron chi connectivity index (χ0n) is 10.3. The van der Waals surface area contributed by atoms with Gasteiger partial charge >= 0.3 is 0 Å². The smallest absolute Gasteiger partial charge is 0.277 e. The predicted octanol–water partition coefficient (Wildman–Crippen LogP) is 2.28. The molecule has 0 bridgehead atoms. The van der Waals surface area contributed by atoms with E-state index >= 15 is 0 Å². The van der Waals surface area contributed by atoms with Crippen LogP contribution in [-0.2, 0) is 0 Å². The van der Waals surface area contributed by atoms with Gasteiger partial charge in [-0.15, -0.1) is 11.3 Å². The summed E-state index contributed by atoms with van der Waals surface area (Å²) in [5.74, 6) is 0.708. The molecule has 2 N–H and O–H groups in total. The maximum Gasteiger partial charge on any atom is 0.277 e. The molecule has 1 aliphatic rings. The molecule has 5 nitrogen and oxygen atoms in total. The van der Waals surface area contributed by atoms with Gasteiger partial charge in [0.05, 0.1) is 17.1 Å². The molecular formula is C12H12N4OS2. The second-order valence-corrected chi connectivity index (χ2v) is 6.44. The summed E-state index contributed by atoms with van der Waals surface area (Å²) < 4.78 is 0. The molecule has 3 rings (SSSR count). The number of thioether (sulfide) groups is 1. The number of carbonyl (C=O) groups is 1. The Morgan fingerprint density at radius 2 is 2.37 bits per heavy atom. The lowest BCUT2D eigenvalue weighted by molar-refractivity contribution is 0.0973. The van der Waals surface area contributed by atoms with Gasteiger partial charge in [0.25, 0.3) is 5.91 Å². The molecule has 1 amide bonds. The van der Waals surface area contributed by atoms with E-state index in [1.807, 2.05) is 19.1 Å². The third-order valence-electron chi connectivity index (χ3n) is 2.62. The van der Waals surface area contributed by atoms with Crippen LogP contribution in [0, 0.1) is 6.92 Å². The molecule has 0 saturated carbocycles. The van der Waals surface area contributed by atoms with Gasteiger partial charge in [-0.2, -0.15) is 5.10 Å². The Morgan fingerprint density at radius 3 is 3.05 bits per heavy atom. The summed E-state index contributed by atoms with van der Waals surface area (Å²) in [5, 5.41) is 10.4. The summed E-state index contributed by atoms with van der Waals surface area (Å²) in [6.07, 6.45) is 0. The van der Waals surface area contributed by atoms with Crippen molar-refractivity contribution in [1.82, 2.24) is 15.5 Å². The van der Waals surface area contributed by atoms with Crippen molar-refractivity contribution in [1.29, 1.82) is 0 Å². The number of nitrogens with one attached hydrogen (secondary N) is 2. The van der Waals surface area contributed by atoms with Crippen LogP contribution in [0.2, 0.25) is 0 Å². The zero-order valence-corrected chi connectivity index (χ0v) is 11.9. The van der Waals surface area contributed by atoms with Crippen molar-refractivity contribution in [2.45, 2.75) is 6.92 Å². The lowest BCUT2D eigenvalue weighted by atomic mass is 10.3. The van der Waals surface area contributed by atoms with Crippen LogP contribution >= 0.6 is 23.1 Å². The fourth-order valence-electron chi connectivity index (χ4n) is 1.72. The highest BCUT2D eigenvalue weighted by atomic mass is 32.2. The van der Waals surface area contributed by atoms with Gasteiger partial charge in [0, 0.05) is 10.6 Å². The van der Waals surface area contributed by atoms with Gasteiger partial charge in [0.15, 0.2) is 10.9 Å². The molecule has 0 unspecified atom stereocenters. The number of aromatic nitrogens is 2. The summed E-state index contributed by atoms with van der Waals surface area (Å²) in [6, 6.07) is 5.83. The van der Waals surface area contributed by atoms with E-state index in [1.54, 1.807) is 29.2 Å². The second kappa shape index (κ2) is 5.18. The maximum absolute atomic E-state index is 12.0. The van der Waals surface area contributed by atoms with E-state index in [9.17, 15) is 4.79 Å². The minimum atomic E-state index is -0.219. The van der Waals surface area contributed by atoms with Crippen LogP contribution in [0.5, 0.6) is 0 Å². The normalized spacial score (nSPS) is 14.5. The minimum Gasteiger partial charge on any atom is -0.300 e. The third kappa shape index (κ3) is 2.71. The third-order valence-corrected chi connectivity index (χ3v) is 4.55. The Balaban J connectivity index is 1.75. The first kappa shape index (κ1) is 12.4. The Morgan fingerprint density at radius 1 is 1.47 bits per heavy atom. The van der Waals surface area contributed by atoms with E-state index in [1.165, 1.54) is 4.88 Å². The van der Waals surface area contributed by atoms with Gasteiger partial charge in [0.2, 0.25) is 0 Å². The fraction of sp³-hybridized carbons (Fsp3) is 0.250. The highest BCUT2D eigenvalue weighted by Crippen LogP contribution is 2.26. The van der Waals surface area contributed by atoms with E-state index in [-0.39, 0.29) is 5.91 Å². The first-order valence-corrected chi connectivity index (χ1v) is 7.63. The number of carbonyl (C=O) groups excluding carboxylic acids is 1. The number of nitrogens with zero attached hydrogens (tertiary/aromatic N) is 2. The van der Waals surface area contributed by atoms with Crippen molar-refractivity contribution in [3.63, 3.8) is 0 Å². The summed E-state index contributed by atoms with van der Waals surface area (Å²) in [7, 11) is 0. The molecule has 0 aromatic carbocycles. The van der Waals surface area contributed by atoms with Crippen molar-refractivity contribution in [3.8, 4) is 10.6 Å². The summed E-state index contributed by atoms with van der Waals surface area (Å²) in [4.78, 5) is 18.5. The van der Waals surface area contributed by atoms with Gasteiger partial charge < -0.3 is 0 Å². The van der Waals surface area contributed by atoms with Gasteiger partial charge in [-0.1, -0.05) is 11.8 Å². The average molecular weight is 292 g/mol. The zero-order chi connectivity index (χ0) is 13.2. The Hall–Kier alpha value is -1.60. The van der Waals surface area contributed by atoms with Crippen LogP contribution in [0.4, 0.5) is 0 Å². The second-order valence-electron chi connectivity index (χ2n) is 4.07. The lowest BCUT2D eigenvalue weighted by Gasteiger charge is -1.99.